The van der Waals surface area contributed by atoms with Crippen molar-refractivity contribution in [1.29, 1.82) is 0 Å². The lowest BCUT2D eigenvalue weighted by molar-refractivity contribution is -0.137. The number of aromatic nitrogens is 4. The minimum absolute atomic E-state index is 0.332. The molecule has 0 aliphatic carbocycles. The van der Waals surface area contributed by atoms with Crippen molar-refractivity contribution < 1.29 is 13.2 Å². The van der Waals surface area contributed by atoms with Crippen LogP contribution in [-0.4, -0.2) is 26.7 Å². The van der Waals surface area contributed by atoms with Gasteiger partial charge in [-0.2, -0.15) is 13.2 Å². The summed E-state index contributed by atoms with van der Waals surface area (Å²) < 4.78 is 38.7. The number of rotatable bonds is 6. The third-order valence-electron chi connectivity index (χ3n) is 4.62. The normalized spacial score (nSPS) is 11.3. The molecular formula is C23H18F3N5. The molecule has 4 rings (SSSR count). The van der Waals surface area contributed by atoms with Gasteiger partial charge in [0.25, 0.3) is 0 Å². The summed E-state index contributed by atoms with van der Waals surface area (Å²) in [7, 11) is 0. The van der Waals surface area contributed by atoms with E-state index < -0.39 is 11.7 Å². The van der Waals surface area contributed by atoms with Gasteiger partial charge in [-0.25, -0.2) is 4.98 Å². The summed E-state index contributed by atoms with van der Waals surface area (Å²) in [6.45, 7) is 0.567. The van der Waals surface area contributed by atoms with E-state index in [1.807, 2.05) is 36.4 Å². The first-order chi connectivity index (χ1) is 15.0. The standard InChI is InChI=1S/C23H18F3N5/c24-23(25,26)18-11-9-17(10-12-18)20-22(28-15-13-16-6-2-1-3-7-16)29-21(31-30-20)19-8-4-5-14-27-19/h1-12,14H,13,15H2,(H,28,29,31). The lowest BCUT2D eigenvalue weighted by atomic mass is 10.1. The fourth-order valence-corrected chi connectivity index (χ4v) is 3.03. The van der Waals surface area contributed by atoms with Crippen molar-refractivity contribution in [3.05, 3.63) is 90.1 Å². The summed E-state index contributed by atoms with van der Waals surface area (Å²) >= 11 is 0. The van der Waals surface area contributed by atoms with E-state index in [-0.39, 0.29) is 0 Å². The van der Waals surface area contributed by atoms with Crippen molar-refractivity contribution in [2.24, 2.45) is 0 Å². The van der Waals surface area contributed by atoms with Crippen molar-refractivity contribution >= 4 is 5.82 Å². The SMILES string of the molecule is FC(F)(F)c1ccc(-c2nnc(-c3ccccn3)nc2NCCc2ccccc2)cc1. The zero-order valence-corrected chi connectivity index (χ0v) is 16.3. The maximum atomic E-state index is 12.9. The van der Waals surface area contributed by atoms with Gasteiger partial charge in [0.1, 0.15) is 11.4 Å². The molecule has 0 bridgehead atoms. The first-order valence-electron chi connectivity index (χ1n) is 9.62. The van der Waals surface area contributed by atoms with Crippen molar-refractivity contribution in [2.75, 3.05) is 11.9 Å². The Labute approximate surface area is 177 Å². The molecular weight excluding hydrogens is 403 g/mol. The highest BCUT2D eigenvalue weighted by atomic mass is 19.4. The molecule has 0 radical (unpaired) electrons. The van der Waals surface area contributed by atoms with Crippen molar-refractivity contribution in [3.63, 3.8) is 0 Å². The van der Waals surface area contributed by atoms with E-state index in [4.69, 9.17) is 0 Å². The van der Waals surface area contributed by atoms with Crippen LogP contribution in [0.2, 0.25) is 0 Å². The quantitative estimate of drug-likeness (QED) is 0.459. The largest absolute Gasteiger partial charge is 0.416 e. The number of alkyl halides is 3. The van der Waals surface area contributed by atoms with Crippen LogP contribution < -0.4 is 5.32 Å². The second-order valence-corrected chi connectivity index (χ2v) is 6.79. The predicted molar refractivity (Wildman–Crippen MR) is 112 cm³/mol. The molecule has 4 aromatic rings. The molecule has 0 aliphatic rings. The monoisotopic (exact) mass is 421 g/mol. The van der Waals surface area contributed by atoms with Gasteiger partial charge in [-0.1, -0.05) is 48.5 Å². The Kier molecular flexibility index (Phi) is 5.88. The molecule has 0 saturated heterocycles. The van der Waals surface area contributed by atoms with E-state index in [1.165, 1.54) is 12.1 Å². The van der Waals surface area contributed by atoms with Crippen LogP contribution in [0.4, 0.5) is 19.0 Å². The summed E-state index contributed by atoms with van der Waals surface area (Å²) in [5, 5.41) is 11.6. The number of nitrogens with zero attached hydrogens (tertiary/aromatic N) is 4. The summed E-state index contributed by atoms with van der Waals surface area (Å²) in [5.41, 5.74) is 1.85. The fourth-order valence-electron chi connectivity index (χ4n) is 3.03. The van der Waals surface area contributed by atoms with Crippen LogP contribution in [0.1, 0.15) is 11.1 Å². The average Bonchev–Trinajstić information content (AvgIpc) is 2.80. The number of hydrogen-bond acceptors (Lipinski definition) is 5. The van der Waals surface area contributed by atoms with E-state index in [1.54, 1.807) is 18.3 Å². The van der Waals surface area contributed by atoms with Crippen molar-refractivity contribution in [2.45, 2.75) is 12.6 Å². The molecule has 0 unspecified atom stereocenters. The Balaban J connectivity index is 1.64. The number of nitrogens with one attached hydrogen (secondary N) is 1. The van der Waals surface area contributed by atoms with Crippen LogP contribution >= 0.6 is 0 Å². The number of anilines is 1. The van der Waals surface area contributed by atoms with Gasteiger partial charge in [0, 0.05) is 18.3 Å². The van der Waals surface area contributed by atoms with Gasteiger partial charge in [-0.15, -0.1) is 10.2 Å². The molecule has 0 amide bonds. The summed E-state index contributed by atoms with van der Waals surface area (Å²) in [6.07, 6.45) is -2.02. The molecule has 8 heteroatoms. The fraction of sp³-hybridized carbons (Fsp3) is 0.130. The number of benzene rings is 2. The Morgan fingerprint density at radius 3 is 2.23 bits per heavy atom. The first kappa shape index (κ1) is 20.5. The minimum Gasteiger partial charge on any atom is -0.368 e. The van der Waals surface area contributed by atoms with E-state index in [2.05, 4.69) is 25.5 Å². The first-order valence-corrected chi connectivity index (χ1v) is 9.62. The molecule has 2 aromatic carbocycles. The predicted octanol–water partition coefficient (Wildman–Crippen LogP) is 5.27. The number of halogens is 3. The van der Waals surface area contributed by atoms with Gasteiger partial charge >= 0.3 is 6.18 Å². The van der Waals surface area contributed by atoms with Crippen LogP contribution in [0.5, 0.6) is 0 Å². The van der Waals surface area contributed by atoms with Crippen LogP contribution in [0, 0.1) is 0 Å². The van der Waals surface area contributed by atoms with Crippen molar-refractivity contribution in [3.8, 4) is 22.8 Å². The summed E-state index contributed by atoms with van der Waals surface area (Å²) in [6, 6.07) is 20.1. The van der Waals surface area contributed by atoms with Gasteiger partial charge in [0.2, 0.25) is 5.82 Å². The maximum Gasteiger partial charge on any atom is 0.416 e. The Morgan fingerprint density at radius 1 is 0.806 bits per heavy atom. The molecule has 0 atom stereocenters. The average molecular weight is 421 g/mol. The van der Waals surface area contributed by atoms with Gasteiger partial charge in [0.05, 0.1) is 5.56 Å². The van der Waals surface area contributed by atoms with Crippen LogP contribution in [0.3, 0.4) is 0 Å². The molecule has 5 nitrogen and oxygen atoms in total. The lowest BCUT2D eigenvalue weighted by Crippen LogP contribution is -2.10. The van der Waals surface area contributed by atoms with Gasteiger partial charge in [-0.3, -0.25) is 4.98 Å². The topological polar surface area (TPSA) is 63.6 Å². The van der Waals surface area contributed by atoms with E-state index >= 15 is 0 Å². The van der Waals surface area contributed by atoms with Crippen LogP contribution in [-0.2, 0) is 12.6 Å². The second-order valence-electron chi connectivity index (χ2n) is 6.79. The molecule has 1 N–H and O–H groups in total. The molecule has 0 spiro atoms. The molecule has 156 valence electrons. The van der Waals surface area contributed by atoms with E-state index in [9.17, 15) is 13.2 Å². The molecule has 0 fully saturated rings. The zero-order chi connectivity index (χ0) is 21.7. The van der Waals surface area contributed by atoms with Gasteiger partial charge in [0.15, 0.2) is 5.82 Å². The maximum absolute atomic E-state index is 12.9. The Bertz CT molecular complexity index is 1130. The Hall–Kier alpha value is -3.81. The molecule has 2 aromatic heterocycles. The smallest absolute Gasteiger partial charge is 0.368 e. The zero-order valence-electron chi connectivity index (χ0n) is 16.3. The Morgan fingerprint density at radius 2 is 1.55 bits per heavy atom. The van der Waals surface area contributed by atoms with Crippen molar-refractivity contribution in [1.82, 2.24) is 20.2 Å². The molecule has 0 aliphatic heterocycles. The molecule has 2 heterocycles. The van der Waals surface area contributed by atoms with Crippen LogP contribution in [0.15, 0.2) is 79.0 Å². The lowest BCUT2D eigenvalue weighted by Gasteiger charge is -2.12. The second kappa shape index (κ2) is 8.91. The molecule has 31 heavy (non-hydrogen) atoms. The van der Waals surface area contributed by atoms with Crippen LogP contribution in [0.25, 0.3) is 22.8 Å². The van der Waals surface area contributed by atoms with Gasteiger partial charge in [-0.05, 0) is 36.2 Å². The van der Waals surface area contributed by atoms with E-state index in [0.29, 0.717) is 35.1 Å². The third kappa shape index (κ3) is 5.03. The third-order valence-corrected chi connectivity index (χ3v) is 4.62. The van der Waals surface area contributed by atoms with Gasteiger partial charge < -0.3 is 5.32 Å². The molecule has 0 saturated carbocycles. The summed E-state index contributed by atoms with van der Waals surface area (Å²) in [4.78, 5) is 8.79. The minimum atomic E-state index is -4.40. The summed E-state index contributed by atoms with van der Waals surface area (Å²) in [5.74, 6) is 0.768. The number of pyridine rings is 1. The highest BCUT2D eigenvalue weighted by Gasteiger charge is 2.30. The highest BCUT2D eigenvalue weighted by Crippen LogP contribution is 2.32. The highest BCUT2D eigenvalue weighted by molar-refractivity contribution is 5.72. The number of hydrogen-bond donors (Lipinski definition) is 1. The van der Waals surface area contributed by atoms with E-state index in [0.717, 1.165) is 24.1 Å².